The Labute approximate surface area is 135 Å². The highest BCUT2D eigenvalue weighted by Crippen LogP contribution is 2.37. The molecule has 3 rings (SSSR count). The second kappa shape index (κ2) is 6.57. The molecule has 0 aliphatic heterocycles. The molecule has 3 aromatic carbocycles. The molecular formula is C20H18N2O. The van der Waals surface area contributed by atoms with Crippen molar-refractivity contribution in [2.45, 2.75) is 5.54 Å². The van der Waals surface area contributed by atoms with E-state index in [9.17, 15) is 4.79 Å². The quantitative estimate of drug-likeness (QED) is 0.329. The van der Waals surface area contributed by atoms with Crippen LogP contribution in [0, 0.1) is 0 Å². The summed E-state index contributed by atoms with van der Waals surface area (Å²) in [7, 11) is 0. The van der Waals surface area contributed by atoms with Crippen LogP contribution < -0.4 is 11.3 Å². The summed E-state index contributed by atoms with van der Waals surface area (Å²) < 4.78 is 0. The summed E-state index contributed by atoms with van der Waals surface area (Å²) in [4.78, 5) is 11.6. The summed E-state index contributed by atoms with van der Waals surface area (Å²) in [5.41, 5.74) is 5.58. The second-order valence-electron chi connectivity index (χ2n) is 5.33. The maximum absolute atomic E-state index is 11.6. The first-order valence-electron chi connectivity index (χ1n) is 7.46. The minimum Gasteiger partial charge on any atom is -0.298 e. The molecule has 0 fully saturated rings. The van der Waals surface area contributed by atoms with E-state index < -0.39 is 5.54 Å². The molecule has 0 saturated carbocycles. The zero-order chi connectivity index (χ0) is 16.1. The molecule has 0 aliphatic carbocycles. The number of nitrogens with one attached hydrogen (secondary N) is 1. The molecule has 0 aromatic heterocycles. The highest BCUT2D eigenvalue weighted by Gasteiger charge is 2.36. The van der Waals surface area contributed by atoms with Crippen molar-refractivity contribution >= 4 is 6.29 Å². The van der Waals surface area contributed by atoms with Gasteiger partial charge < -0.3 is 0 Å². The molecule has 0 spiro atoms. The average molecular weight is 302 g/mol. The van der Waals surface area contributed by atoms with E-state index in [4.69, 9.17) is 5.84 Å². The van der Waals surface area contributed by atoms with E-state index in [1.165, 1.54) is 0 Å². The SMILES string of the molecule is NNC(c1ccccc1)(c1ccccc1)c1ccccc1C=O. The molecule has 0 saturated heterocycles. The van der Waals surface area contributed by atoms with Crippen LogP contribution in [-0.2, 0) is 5.54 Å². The van der Waals surface area contributed by atoms with E-state index in [2.05, 4.69) is 5.43 Å². The van der Waals surface area contributed by atoms with Crippen molar-refractivity contribution in [2.75, 3.05) is 0 Å². The fourth-order valence-corrected chi connectivity index (χ4v) is 3.04. The molecule has 0 atom stereocenters. The van der Waals surface area contributed by atoms with Gasteiger partial charge in [0, 0.05) is 5.56 Å². The van der Waals surface area contributed by atoms with Crippen LogP contribution in [0.2, 0.25) is 0 Å². The zero-order valence-electron chi connectivity index (χ0n) is 12.6. The van der Waals surface area contributed by atoms with Crippen LogP contribution in [0.1, 0.15) is 27.0 Å². The number of aldehydes is 1. The first-order valence-corrected chi connectivity index (χ1v) is 7.46. The van der Waals surface area contributed by atoms with Crippen LogP contribution in [0.3, 0.4) is 0 Å². The number of hydrogen-bond acceptors (Lipinski definition) is 3. The molecule has 0 amide bonds. The number of hydrogen-bond donors (Lipinski definition) is 2. The number of benzene rings is 3. The zero-order valence-corrected chi connectivity index (χ0v) is 12.6. The van der Waals surface area contributed by atoms with Gasteiger partial charge in [0.25, 0.3) is 0 Å². The molecule has 114 valence electrons. The van der Waals surface area contributed by atoms with E-state index in [1.54, 1.807) is 6.07 Å². The van der Waals surface area contributed by atoms with Crippen molar-refractivity contribution in [1.82, 2.24) is 5.43 Å². The minimum absolute atomic E-state index is 0.609. The Kier molecular flexibility index (Phi) is 4.33. The predicted octanol–water partition coefficient (Wildman–Crippen LogP) is 3.25. The van der Waals surface area contributed by atoms with Crippen molar-refractivity contribution in [3.63, 3.8) is 0 Å². The maximum atomic E-state index is 11.6. The molecule has 3 nitrogen and oxygen atoms in total. The Bertz CT molecular complexity index is 746. The van der Waals surface area contributed by atoms with Crippen molar-refractivity contribution in [3.8, 4) is 0 Å². The fourth-order valence-electron chi connectivity index (χ4n) is 3.04. The van der Waals surface area contributed by atoms with Gasteiger partial charge in [-0.05, 0) is 16.7 Å². The van der Waals surface area contributed by atoms with Crippen LogP contribution in [0.25, 0.3) is 0 Å². The van der Waals surface area contributed by atoms with Gasteiger partial charge in [-0.1, -0.05) is 84.9 Å². The lowest BCUT2D eigenvalue weighted by molar-refractivity contribution is 0.112. The molecule has 0 bridgehead atoms. The van der Waals surface area contributed by atoms with Crippen LogP contribution in [0.4, 0.5) is 0 Å². The van der Waals surface area contributed by atoms with Crippen LogP contribution in [-0.4, -0.2) is 6.29 Å². The number of rotatable bonds is 5. The Morgan fingerprint density at radius 2 is 1.22 bits per heavy atom. The van der Waals surface area contributed by atoms with Crippen molar-refractivity contribution in [2.24, 2.45) is 5.84 Å². The minimum atomic E-state index is -0.792. The third-order valence-corrected chi connectivity index (χ3v) is 4.12. The number of nitrogens with two attached hydrogens (primary N) is 1. The average Bonchev–Trinajstić information content (AvgIpc) is 2.65. The fraction of sp³-hybridized carbons (Fsp3) is 0.0500. The molecule has 23 heavy (non-hydrogen) atoms. The number of carbonyl (C=O) groups is 1. The molecule has 0 heterocycles. The van der Waals surface area contributed by atoms with Gasteiger partial charge in [-0.2, -0.15) is 0 Å². The largest absolute Gasteiger partial charge is 0.298 e. The van der Waals surface area contributed by atoms with Crippen LogP contribution in [0.15, 0.2) is 84.9 Å². The summed E-state index contributed by atoms with van der Waals surface area (Å²) >= 11 is 0. The van der Waals surface area contributed by atoms with E-state index in [-0.39, 0.29) is 0 Å². The van der Waals surface area contributed by atoms with E-state index >= 15 is 0 Å². The van der Waals surface area contributed by atoms with Crippen molar-refractivity contribution in [1.29, 1.82) is 0 Å². The molecule has 3 heteroatoms. The summed E-state index contributed by atoms with van der Waals surface area (Å²) in [6.45, 7) is 0. The standard InChI is InChI=1S/C20H18N2O/c21-22-20(17-10-3-1-4-11-17,18-12-5-2-6-13-18)19-14-8-7-9-16(19)15-23/h1-15,22H,21H2. The molecule has 0 aliphatic rings. The van der Waals surface area contributed by atoms with E-state index in [1.807, 2.05) is 78.9 Å². The summed E-state index contributed by atoms with van der Waals surface area (Å²) in [6, 6.07) is 27.3. The highest BCUT2D eigenvalue weighted by molar-refractivity contribution is 5.79. The van der Waals surface area contributed by atoms with Gasteiger partial charge in [0.05, 0.1) is 0 Å². The monoisotopic (exact) mass is 302 g/mol. The lowest BCUT2D eigenvalue weighted by Gasteiger charge is -2.36. The molecule has 0 unspecified atom stereocenters. The van der Waals surface area contributed by atoms with E-state index in [0.717, 1.165) is 23.0 Å². The normalized spacial score (nSPS) is 11.2. The molecule has 3 N–H and O–H groups in total. The number of hydrazine groups is 1. The highest BCUT2D eigenvalue weighted by atomic mass is 16.1. The van der Waals surface area contributed by atoms with Gasteiger partial charge in [-0.3, -0.25) is 10.6 Å². The van der Waals surface area contributed by atoms with Crippen molar-refractivity contribution < 1.29 is 4.79 Å². The Balaban J connectivity index is 2.36. The smallest absolute Gasteiger partial charge is 0.150 e. The maximum Gasteiger partial charge on any atom is 0.150 e. The molecule has 3 aromatic rings. The predicted molar refractivity (Wildman–Crippen MR) is 91.9 cm³/mol. The topological polar surface area (TPSA) is 55.1 Å². The van der Waals surface area contributed by atoms with Gasteiger partial charge in [-0.25, -0.2) is 5.43 Å². The first kappa shape index (κ1) is 15.2. The summed E-state index contributed by atoms with van der Waals surface area (Å²) in [5.74, 6) is 6.06. The summed E-state index contributed by atoms with van der Waals surface area (Å²) in [5, 5.41) is 0. The van der Waals surface area contributed by atoms with Crippen LogP contribution in [0.5, 0.6) is 0 Å². The van der Waals surface area contributed by atoms with Crippen LogP contribution >= 0.6 is 0 Å². The van der Waals surface area contributed by atoms with Gasteiger partial charge >= 0.3 is 0 Å². The van der Waals surface area contributed by atoms with Gasteiger partial charge in [0.15, 0.2) is 0 Å². The first-order chi connectivity index (χ1) is 11.3. The lowest BCUT2D eigenvalue weighted by Crippen LogP contribution is -2.49. The van der Waals surface area contributed by atoms with Gasteiger partial charge in [-0.15, -0.1) is 0 Å². The third kappa shape index (κ3) is 2.57. The molecule has 0 radical (unpaired) electrons. The number of carbonyl (C=O) groups excluding carboxylic acids is 1. The second-order valence-corrected chi connectivity index (χ2v) is 5.33. The Morgan fingerprint density at radius 3 is 1.70 bits per heavy atom. The molecular weight excluding hydrogens is 284 g/mol. The van der Waals surface area contributed by atoms with Gasteiger partial charge in [0.2, 0.25) is 0 Å². The van der Waals surface area contributed by atoms with E-state index in [0.29, 0.717) is 5.56 Å². The summed E-state index contributed by atoms with van der Waals surface area (Å²) in [6.07, 6.45) is 0.868. The van der Waals surface area contributed by atoms with Gasteiger partial charge in [0.1, 0.15) is 11.8 Å². The third-order valence-electron chi connectivity index (χ3n) is 4.12. The Hall–Kier alpha value is -2.75. The lowest BCUT2D eigenvalue weighted by atomic mass is 9.76. The Morgan fingerprint density at radius 1 is 0.739 bits per heavy atom. The van der Waals surface area contributed by atoms with Crippen molar-refractivity contribution in [3.05, 3.63) is 107 Å².